The van der Waals surface area contributed by atoms with E-state index in [0.717, 1.165) is 17.3 Å². The smallest absolute Gasteiger partial charge is 0.279 e. The summed E-state index contributed by atoms with van der Waals surface area (Å²) in [6.07, 6.45) is 3.41. The Morgan fingerprint density at radius 1 is 1.75 bits per heavy atom. The molecular weight excluding hydrogens is 228 g/mol. The van der Waals surface area contributed by atoms with Crippen molar-refractivity contribution in [2.75, 3.05) is 12.8 Å². The molecule has 0 saturated carbocycles. The van der Waals surface area contributed by atoms with E-state index in [2.05, 4.69) is 15.5 Å². The molecule has 86 valence electrons. The van der Waals surface area contributed by atoms with E-state index >= 15 is 0 Å². The van der Waals surface area contributed by atoms with Crippen LogP contribution < -0.4 is 5.32 Å². The van der Waals surface area contributed by atoms with Crippen LogP contribution in [0.3, 0.4) is 0 Å². The van der Waals surface area contributed by atoms with Gasteiger partial charge in [-0.3, -0.25) is 14.7 Å². The number of carbonyl (C=O) groups excluding carboxylic acids is 2. The lowest BCUT2D eigenvalue weighted by Gasteiger charge is -2.19. The van der Waals surface area contributed by atoms with Crippen molar-refractivity contribution in [3.63, 3.8) is 0 Å². The first-order chi connectivity index (χ1) is 7.66. The van der Waals surface area contributed by atoms with Crippen molar-refractivity contribution in [2.45, 2.75) is 12.6 Å². The molecule has 0 spiro atoms. The molecule has 1 aromatic heterocycles. The highest BCUT2D eigenvalue weighted by Crippen LogP contribution is 2.15. The summed E-state index contributed by atoms with van der Waals surface area (Å²) in [4.78, 5) is 24.4. The van der Waals surface area contributed by atoms with Crippen LogP contribution in [-0.4, -0.2) is 45.1 Å². The number of nitrogens with zero attached hydrogens (tertiary/aromatic N) is 2. The number of nitrogens with one attached hydrogen (secondary N) is 2. The van der Waals surface area contributed by atoms with Crippen LogP contribution in [0, 0.1) is 0 Å². The third kappa shape index (κ3) is 2.35. The molecule has 1 aliphatic rings. The van der Waals surface area contributed by atoms with Gasteiger partial charge in [-0.05, 0) is 0 Å². The fourth-order valence-corrected chi connectivity index (χ4v) is 2.27. The first-order valence-electron chi connectivity index (χ1n) is 4.83. The first kappa shape index (κ1) is 11.0. The Kier molecular flexibility index (Phi) is 3.14. The molecule has 1 aliphatic heterocycles. The second kappa shape index (κ2) is 4.56. The van der Waals surface area contributed by atoms with E-state index in [0.29, 0.717) is 12.3 Å². The van der Waals surface area contributed by atoms with Gasteiger partial charge >= 0.3 is 0 Å². The maximum absolute atomic E-state index is 11.9. The van der Waals surface area contributed by atoms with Gasteiger partial charge < -0.3 is 10.2 Å². The molecule has 1 atom stereocenters. The predicted molar refractivity (Wildman–Crippen MR) is 59.8 cm³/mol. The third-order valence-corrected chi connectivity index (χ3v) is 3.20. The summed E-state index contributed by atoms with van der Waals surface area (Å²) in [6.45, 7) is 0.492. The Bertz CT molecular complexity index is 392. The zero-order valence-electron chi connectivity index (χ0n) is 8.77. The summed E-state index contributed by atoms with van der Waals surface area (Å²) in [7, 11) is 1.71. The number of aromatic amines is 1. The minimum Gasteiger partial charge on any atom is -0.340 e. The van der Waals surface area contributed by atoms with Crippen molar-refractivity contribution in [3.8, 4) is 0 Å². The number of likely N-dealkylation sites (N-methyl/N-ethyl adjacent to an activating group) is 1. The van der Waals surface area contributed by atoms with Gasteiger partial charge in [0, 0.05) is 31.1 Å². The van der Waals surface area contributed by atoms with E-state index in [1.807, 2.05) is 0 Å². The van der Waals surface area contributed by atoms with E-state index in [1.165, 1.54) is 0 Å². The molecule has 7 heteroatoms. The molecule has 0 radical (unpaired) electrons. The number of amides is 2. The average molecular weight is 240 g/mol. The Hall–Kier alpha value is -1.50. The fourth-order valence-electron chi connectivity index (χ4n) is 1.50. The zero-order valence-corrected chi connectivity index (χ0v) is 9.58. The normalized spacial score (nSPS) is 19.6. The van der Waals surface area contributed by atoms with Gasteiger partial charge in [0.05, 0.1) is 6.20 Å². The lowest BCUT2D eigenvalue weighted by molar-refractivity contribution is -0.131. The van der Waals surface area contributed by atoms with Crippen LogP contribution >= 0.6 is 11.8 Å². The van der Waals surface area contributed by atoms with E-state index in [1.54, 1.807) is 24.3 Å². The van der Waals surface area contributed by atoms with Gasteiger partial charge in [-0.1, -0.05) is 11.8 Å². The summed E-state index contributed by atoms with van der Waals surface area (Å²) in [6, 6.07) is -0.394. The van der Waals surface area contributed by atoms with Crippen molar-refractivity contribution in [3.05, 3.63) is 18.0 Å². The molecule has 6 nitrogen and oxygen atoms in total. The molecular formula is C9H12N4O2S. The monoisotopic (exact) mass is 240 g/mol. The first-order valence-corrected chi connectivity index (χ1v) is 5.81. The minimum absolute atomic E-state index is 0.0699. The SMILES string of the molecule is CN(Cc1cn[nH]c1)C(=O)C1CSC(=O)N1. The second-order valence-electron chi connectivity index (χ2n) is 3.60. The number of hydrogen-bond acceptors (Lipinski definition) is 4. The summed E-state index contributed by atoms with van der Waals surface area (Å²) < 4.78 is 0. The summed E-state index contributed by atoms with van der Waals surface area (Å²) in [5, 5.41) is 8.99. The molecule has 2 amide bonds. The van der Waals surface area contributed by atoms with Crippen molar-refractivity contribution in [2.24, 2.45) is 0 Å². The predicted octanol–water partition coefficient (Wildman–Crippen LogP) is 0.193. The molecule has 0 bridgehead atoms. The van der Waals surface area contributed by atoms with Gasteiger partial charge in [0.15, 0.2) is 0 Å². The van der Waals surface area contributed by atoms with E-state index in [-0.39, 0.29) is 11.1 Å². The second-order valence-corrected chi connectivity index (χ2v) is 4.59. The number of thioether (sulfide) groups is 1. The number of rotatable bonds is 3. The minimum atomic E-state index is -0.394. The molecule has 2 N–H and O–H groups in total. The zero-order chi connectivity index (χ0) is 11.5. The summed E-state index contributed by atoms with van der Waals surface area (Å²) in [5.41, 5.74) is 0.938. The number of hydrogen-bond donors (Lipinski definition) is 2. The number of carbonyl (C=O) groups is 2. The maximum atomic E-state index is 11.9. The van der Waals surface area contributed by atoms with Crippen LogP contribution in [0.2, 0.25) is 0 Å². The van der Waals surface area contributed by atoms with Crippen molar-refractivity contribution in [1.29, 1.82) is 0 Å². The standard InChI is InChI=1S/C9H12N4O2S/c1-13(4-6-2-10-11-3-6)8(14)7-5-16-9(15)12-7/h2-3,7H,4-5H2,1H3,(H,10,11)(H,12,15). The molecule has 2 heterocycles. The summed E-state index contributed by atoms with van der Waals surface area (Å²) in [5.74, 6) is 0.437. The highest BCUT2D eigenvalue weighted by atomic mass is 32.2. The molecule has 1 saturated heterocycles. The highest BCUT2D eigenvalue weighted by Gasteiger charge is 2.30. The van der Waals surface area contributed by atoms with Crippen molar-refractivity contribution < 1.29 is 9.59 Å². The molecule has 1 unspecified atom stereocenters. The number of aromatic nitrogens is 2. The van der Waals surface area contributed by atoms with E-state index < -0.39 is 6.04 Å². The lowest BCUT2D eigenvalue weighted by atomic mass is 10.2. The topological polar surface area (TPSA) is 78.1 Å². The molecule has 0 aromatic carbocycles. The Morgan fingerprint density at radius 3 is 3.12 bits per heavy atom. The fraction of sp³-hybridized carbons (Fsp3) is 0.444. The maximum Gasteiger partial charge on any atom is 0.279 e. The van der Waals surface area contributed by atoms with Crippen LogP contribution in [0.5, 0.6) is 0 Å². The van der Waals surface area contributed by atoms with Gasteiger partial charge in [-0.25, -0.2) is 0 Å². The lowest BCUT2D eigenvalue weighted by Crippen LogP contribution is -2.43. The molecule has 2 rings (SSSR count). The molecule has 0 aliphatic carbocycles. The largest absolute Gasteiger partial charge is 0.340 e. The van der Waals surface area contributed by atoms with Crippen LogP contribution in [-0.2, 0) is 11.3 Å². The van der Waals surface area contributed by atoms with Gasteiger partial charge in [0.25, 0.3) is 5.24 Å². The average Bonchev–Trinajstić information content (AvgIpc) is 2.88. The van der Waals surface area contributed by atoms with E-state index in [4.69, 9.17) is 0 Å². The molecule has 16 heavy (non-hydrogen) atoms. The van der Waals surface area contributed by atoms with Crippen molar-refractivity contribution >= 4 is 22.9 Å². The Balaban J connectivity index is 1.92. The molecule has 1 fully saturated rings. The van der Waals surface area contributed by atoms with E-state index in [9.17, 15) is 9.59 Å². The van der Waals surface area contributed by atoms with Gasteiger partial charge in [0.2, 0.25) is 5.91 Å². The van der Waals surface area contributed by atoms with Gasteiger partial charge in [-0.15, -0.1) is 0 Å². The molecule has 1 aromatic rings. The van der Waals surface area contributed by atoms with Crippen LogP contribution in [0.15, 0.2) is 12.4 Å². The van der Waals surface area contributed by atoms with Crippen LogP contribution in [0.4, 0.5) is 4.79 Å². The third-order valence-electron chi connectivity index (χ3n) is 2.32. The van der Waals surface area contributed by atoms with Gasteiger partial charge in [-0.2, -0.15) is 5.10 Å². The number of H-pyrrole nitrogens is 1. The Morgan fingerprint density at radius 2 is 2.56 bits per heavy atom. The highest BCUT2D eigenvalue weighted by molar-refractivity contribution is 8.14. The summed E-state index contributed by atoms with van der Waals surface area (Å²) >= 11 is 1.14. The van der Waals surface area contributed by atoms with Crippen LogP contribution in [0.25, 0.3) is 0 Å². The Labute approximate surface area is 96.8 Å². The van der Waals surface area contributed by atoms with Crippen molar-refractivity contribution in [1.82, 2.24) is 20.4 Å². The van der Waals surface area contributed by atoms with Crippen LogP contribution in [0.1, 0.15) is 5.56 Å². The van der Waals surface area contributed by atoms with Gasteiger partial charge in [0.1, 0.15) is 6.04 Å². The quantitative estimate of drug-likeness (QED) is 0.790.